The van der Waals surface area contributed by atoms with Gasteiger partial charge in [-0.25, -0.2) is 14.6 Å². The summed E-state index contributed by atoms with van der Waals surface area (Å²) in [5.41, 5.74) is -1.00. The smallest absolute Gasteiger partial charge is 0.341 e. The van der Waals surface area contributed by atoms with Crippen molar-refractivity contribution in [1.82, 2.24) is 10.3 Å². The number of hydrogen-bond acceptors (Lipinski definition) is 8. The highest BCUT2D eigenvalue weighted by molar-refractivity contribution is 5.97. The van der Waals surface area contributed by atoms with E-state index in [9.17, 15) is 9.59 Å². The SMILES string of the molecule is C=CC(=O)OC(=O)C1(c2ccccc2Oc2cc(Oc3ccccc3)ccn2)NCCC1OC. The molecule has 0 saturated carbocycles. The van der Waals surface area contributed by atoms with Crippen molar-refractivity contribution in [2.45, 2.75) is 18.1 Å². The number of aromatic nitrogens is 1. The number of nitrogens with one attached hydrogen (secondary N) is 1. The van der Waals surface area contributed by atoms with Gasteiger partial charge in [-0.15, -0.1) is 0 Å². The lowest BCUT2D eigenvalue weighted by atomic mass is 9.85. The Hall–Kier alpha value is -4.01. The summed E-state index contributed by atoms with van der Waals surface area (Å²) in [5.74, 6) is 0.176. The highest BCUT2D eigenvalue weighted by Gasteiger charge is 2.54. The van der Waals surface area contributed by atoms with Crippen LogP contribution in [0.15, 0.2) is 85.6 Å². The average molecular weight is 460 g/mol. The number of carbonyl (C=O) groups is 2. The van der Waals surface area contributed by atoms with Crippen LogP contribution in [-0.4, -0.2) is 36.7 Å². The zero-order valence-corrected chi connectivity index (χ0v) is 18.6. The minimum atomic E-state index is -1.46. The largest absolute Gasteiger partial charge is 0.457 e. The average Bonchev–Trinajstić information content (AvgIpc) is 3.30. The van der Waals surface area contributed by atoms with E-state index in [0.29, 0.717) is 35.8 Å². The van der Waals surface area contributed by atoms with E-state index in [1.165, 1.54) is 7.11 Å². The first-order chi connectivity index (χ1) is 16.6. The summed E-state index contributed by atoms with van der Waals surface area (Å²) in [7, 11) is 1.50. The fraction of sp³-hybridized carbons (Fsp3) is 0.192. The Bertz CT molecular complexity index is 1180. The number of ether oxygens (including phenoxy) is 4. The number of esters is 2. The molecule has 0 bridgehead atoms. The summed E-state index contributed by atoms with van der Waals surface area (Å²) in [4.78, 5) is 29.3. The van der Waals surface area contributed by atoms with Crippen LogP contribution in [0.4, 0.5) is 0 Å². The number of rotatable bonds is 8. The van der Waals surface area contributed by atoms with Crippen LogP contribution in [0.25, 0.3) is 0 Å². The normalized spacial score (nSPS) is 19.3. The van der Waals surface area contributed by atoms with Gasteiger partial charge in [0.1, 0.15) is 17.2 Å². The lowest BCUT2D eigenvalue weighted by Gasteiger charge is -2.33. The van der Waals surface area contributed by atoms with Gasteiger partial charge in [0.2, 0.25) is 5.88 Å². The molecule has 1 aliphatic rings. The Labute approximate surface area is 197 Å². The summed E-state index contributed by atoms with van der Waals surface area (Å²) < 4.78 is 22.6. The zero-order chi connectivity index (χ0) is 24.0. The van der Waals surface area contributed by atoms with Crippen molar-refractivity contribution in [3.05, 3.63) is 91.1 Å². The summed E-state index contributed by atoms with van der Waals surface area (Å²) >= 11 is 0. The monoisotopic (exact) mass is 460 g/mol. The molecular weight excluding hydrogens is 436 g/mol. The lowest BCUT2D eigenvalue weighted by molar-refractivity contribution is -0.165. The quantitative estimate of drug-likeness (QED) is 0.305. The van der Waals surface area contributed by atoms with Crippen molar-refractivity contribution in [3.63, 3.8) is 0 Å². The van der Waals surface area contributed by atoms with Crippen LogP contribution in [0.1, 0.15) is 12.0 Å². The van der Waals surface area contributed by atoms with Gasteiger partial charge in [-0.2, -0.15) is 0 Å². The van der Waals surface area contributed by atoms with E-state index < -0.39 is 23.6 Å². The Balaban J connectivity index is 1.68. The Morgan fingerprint density at radius 3 is 2.59 bits per heavy atom. The molecule has 2 atom stereocenters. The van der Waals surface area contributed by atoms with Gasteiger partial charge in [0, 0.05) is 31.0 Å². The molecule has 0 radical (unpaired) electrons. The number of para-hydroxylation sites is 2. The molecule has 34 heavy (non-hydrogen) atoms. The highest BCUT2D eigenvalue weighted by Crippen LogP contribution is 2.41. The Morgan fingerprint density at radius 2 is 1.82 bits per heavy atom. The van der Waals surface area contributed by atoms with Gasteiger partial charge in [-0.3, -0.25) is 5.32 Å². The van der Waals surface area contributed by atoms with Crippen LogP contribution in [0.2, 0.25) is 0 Å². The third-order valence-corrected chi connectivity index (χ3v) is 5.47. The van der Waals surface area contributed by atoms with Gasteiger partial charge in [-0.05, 0) is 37.2 Å². The molecule has 1 fully saturated rings. The van der Waals surface area contributed by atoms with Gasteiger partial charge in [0.25, 0.3) is 0 Å². The molecular formula is C26H24N2O6. The lowest BCUT2D eigenvalue weighted by Crippen LogP contribution is -2.53. The minimum absolute atomic E-state index is 0.263. The molecule has 1 aliphatic heterocycles. The van der Waals surface area contributed by atoms with Crippen LogP contribution in [0.5, 0.6) is 23.1 Å². The summed E-state index contributed by atoms with van der Waals surface area (Å²) in [6.07, 6.45) is 2.44. The molecule has 1 saturated heterocycles. The van der Waals surface area contributed by atoms with E-state index in [4.69, 9.17) is 18.9 Å². The molecule has 2 unspecified atom stereocenters. The molecule has 2 aromatic carbocycles. The second-order valence-electron chi connectivity index (χ2n) is 7.50. The molecule has 174 valence electrons. The summed E-state index contributed by atoms with van der Waals surface area (Å²) in [6, 6.07) is 19.7. The first kappa shape index (κ1) is 23.2. The standard InChI is InChI=1S/C26H24N2O6/c1-3-24(29)34-25(30)26(22(31-2)14-16-28-26)20-11-7-8-12-21(20)33-23-17-19(13-15-27-23)32-18-9-5-4-6-10-18/h3-13,15,17,22,28H,1,14,16H2,2H3. The van der Waals surface area contributed by atoms with Crippen molar-refractivity contribution < 1.29 is 28.5 Å². The van der Waals surface area contributed by atoms with Crippen molar-refractivity contribution >= 4 is 11.9 Å². The maximum Gasteiger partial charge on any atom is 0.341 e. The molecule has 8 heteroatoms. The third kappa shape index (κ3) is 4.68. The molecule has 2 heterocycles. The maximum atomic E-state index is 13.2. The van der Waals surface area contributed by atoms with Gasteiger partial charge in [0.05, 0.1) is 6.10 Å². The van der Waals surface area contributed by atoms with Crippen LogP contribution >= 0.6 is 0 Å². The number of pyridine rings is 1. The van der Waals surface area contributed by atoms with E-state index in [2.05, 4.69) is 16.9 Å². The highest BCUT2D eigenvalue weighted by atomic mass is 16.6. The molecule has 8 nitrogen and oxygen atoms in total. The maximum absolute atomic E-state index is 13.2. The molecule has 1 N–H and O–H groups in total. The van der Waals surface area contributed by atoms with Crippen LogP contribution < -0.4 is 14.8 Å². The van der Waals surface area contributed by atoms with Crippen LogP contribution in [0, 0.1) is 0 Å². The first-order valence-electron chi connectivity index (χ1n) is 10.7. The van der Waals surface area contributed by atoms with E-state index in [1.54, 1.807) is 42.6 Å². The van der Waals surface area contributed by atoms with Crippen molar-refractivity contribution in [1.29, 1.82) is 0 Å². The van der Waals surface area contributed by atoms with Gasteiger partial charge in [-0.1, -0.05) is 43.0 Å². The number of carbonyl (C=O) groups excluding carboxylic acids is 2. The van der Waals surface area contributed by atoms with E-state index in [1.807, 2.05) is 30.3 Å². The fourth-order valence-electron chi connectivity index (χ4n) is 3.95. The predicted octanol–water partition coefficient (Wildman–Crippen LogP) is 4.13. The molecule has 0 amide bonds. The number of nitrogens with zero attached hydrogens (tertiary/aromatic N) is 1. The minimum Gasteiger partial charge on any atom is -0.457 e. The van der Waals surface area contributed by atoms with Crippen LogP contribution in [0.3, 0.4) is 0 Å². The van der Waals surface area contributed by atoms with Gasteiger partial charge in [0.15, 0.2) is 5.54 Å². The second-order valence-corrected chi connectivity index (χ2v) is 7.50. The van der Waals surface area contributed by atoms with Crippen LogP contribution in [-0.2, 0) is 24.6 Å². The molecule has 0 aliphatic carbocycles. The number of methoxy groups -OCH3 is 1. The van der Waals surface area contributed by atoms with Gasteiger partial charge >= 0.3 is 11.9 Å². The van der Waals surface area contributed by atoms with E-state index in [-0.39, 0.29) is 5.88 Å². The fourth-order valence-corrected chi connectivity index (χ4v) is 3.95. The van der Waals surface area contributed by atoms with Gasteiger partial charge < -0.3 is 18.9 Å². The summed E-state index contributed by atoms with van der Waals surface area (Å²) in [6.45, 7) is 3.84. The Kier molecular flexibility index (Phi) is 7.01. The Morgan fingerprint density at radius 1 is 1.06 bits per heavy atom. The van der Waals surface area contributed by atoms with Crippen molar-refractivity contribution in [3.8, 4) is 23.1 Å². The molecule has 4 rings (SSSR count). The molecule has 0 spiro atoms. The van der Waals surface area contributed by atoms with Crippen molar-refractivity contribution in [2.24, 2.45) is 0 Å². The van der Waals surface area contributed by atoms with E-state index in [0.717, 1.165) is 6.08 Å². The zero-order valence-electron chi connectivity index (χ0n) is 18.6. The third-order valence-electron chi connectivity index (χ3n) is 5.47. The number of benzene rings is 2. The predicted molar refractivity (Wildman–Crippen MR) is 124 cm³/mol. The summed E-state index contributed by atoms with van der Waals surface area (Å²) in [5, 5.41) is 3.18. The second kappa shape index (κ2) is 10.3. The molecule has 3 aromatic rings. The topological polar surface area (TPSA) is 96.0 Å². The number of hydrogen-bond donors (Lipinski definition) is 1. The van der Waals surface area contributed by atoms with E-state index >= 15 is 0 Å². The molecule has 1 aromatic heterocycles. The first-order valence-corrected chi connectivity index (χ1v) is 10.7. The van der Waals surface area contributed by atoms with Crippen molar-refractivity contribution in [2.75, 3.05) is 13.7 Å².